The second-order valence-corrected chi connectivity index (χ2v) is 2.79. The molecule has 2 rings (SSSR count). The minimum atomic E-state index is 0.706. The lowest BCUT2D eigenvalue weighted by molar-refractivity contribution is 0.524. The summed E-state index contributed by atoms with van der Waals surface area (Å²) < 4.78 is 5.24. The normalized spacial score (nSPS) is 9.21. The van der Waals surface area contributed by atoms with E-state index in [0.29, 0.717) is 5.75 Å². The van der Waals surface area contributed by atoms with Crippen molar-refractivity contribution >= 4 is 10.9 Å². The molecule has 0 amide bonds. The molecule has 0 spiro atoms. The first kappa shape index (κ1) is 8.58. The smallest absolute Gasteiger partial charge is 0.166 e. The summed E-state index contributed by atoms with van der Waals surface area (Å²) >= 11 is 0. The van der Waals surface area contributed by atoms with Gasteiger partial charge in [0, 0.05) is 18.5 Å². The fourth-order valence-corrected chi connectivity index (χ4v) is 1.26. The third kappa shape index (κ3) is 1.53. The van der Waals surface area contributed by atoms with Crippen LogP contribution in [0.15, 0.2) is 36.5 Å². The van der Waals surface area contributed by atoms with Gasteiger partial charge in [0.1, 0.15) is 11.6 Å². The topological polar surface area (TPSA) is 22.1 Å². The zero-order valence-corrected chi connectivity index (χ0v) is 7.82. The third-order valence-electron chi connectivity index (χ3n) is 1.86. The Morgan fingerprint density at radius 1 is 1.21 bits per heavy atom. The van der Waals surface area contributed by atoms with Gasteiger partial charge in [-0.05, 0) is 12.1 Å². The van der Waals surface area contributed by atoms with E-state index in [0.717, 1.165) is 10.9 Å². The first-order valence-electron chi connectivity index (χ1n) is 4.34. The van der Waals surface area contributed by atoms with Crippen LogP contribution in [0.3, 0.4) is 0 Å². The van der Waals surface area contributed by atoms with Crippen molar-refractivity contribution in [1.29, 1.82) is 0 Å². The maximum Gasteiger partial charge on any atom is 0.166 e. The molecule has 2 aromatic rings. The van der Waals surface area contributed by atoms with Crippen LogP contribution in [0.25, 0.3) is 10.9 Å². The van der Waals surface area contributed by atoms with Crippen molar-refractivity contribution in [1.82, 2.24) is 4.98 Å². The molecular formula is C12H9NO. The Labute approximate surface area is 82.5 Å². The molecule has 0 bridgehead atoms. The predicted octanol–water partition coefficient (Wildman–Crippen LogP) is 2.59. The van der Waals surface area contributed by atoms with E-state index in [9.17, 15) is 0 Å². The molecule has 1 aromatic heterocycles. The number of fused-ring (bicyclic) bond motifs is 1. The minimum absolute atomic E-state index is 0.706. The number of hydrogen-bond acceptors (Lipinski definition) is 2. The maximum atomic E-state index is 5.24. The molecule has 0 N–H and O–H groups in total. The van der Waals surface area contributed by atoms with Crippen LogP contribution < -0.4 is 4.74 Å². The molecule has 2 nitrogen and oxygen atoms in total. The number of para-hydroxylation sites is 1. The van der Waals surface area contributed by atoms with E-state index < -0.39 is 0 Å². The van der Waals surface area contributed by atoms with Crippen molar-refractivity contribution in [2.24, 2.45) is 0 Å². The SMILES string of the molecule is CC#COc1cccc2cccnc12. The highest BCUT2D eigenvalue weighted by Gasteiger charge is 2.00. The van der Waals surface area contributed by atoms with Crippen molar-refractivity contribution in [3.63, 3.8) is 0 Å². The zero-order valence-electron chi connectivity index (χ0n) is 7.82. The molecule has 0 fully saturated rings. The second-order valence-electron chi connectivity index (χ2n) is 2.79. The highest BCUT2D eigenvalue weighted by Crippen LogP contribution is 2.22. The number of aromatic nitrogens is 1. The van der Waals surface area contributed by atoms with Gasteiger partial charge >= 0.3 is 0 Å². The summed E-state index contributed by atoms with van der Waals surface area (Å²) in [6.45, 7) is 1.73. The van der Waals surface area contributed by atoms with E-state index in [2.05, 4.69) is 17.0 Å². The highest BCUT2D eigenvalue weighted by atomic mass is 16.5. The first-order valence-corrected chi connectivity index (χ1v) is 4.34. The van der Waals surface area contributed by atoms with Gasteiger partial charge in [-0.3, -0.25) is 4.98 Å². The lowest BCUT2D eigenvalue weighted by Gasteiger charge is -2.01. The molecule has 68 valence electrons. The fourth-order valence-electron chi connectivity index (χ4n) is 1.26. The molecule has 1 aromatic carbocycles. The second kappa shape index (κ2) is 3.80. The van der Waals surface area contributed by atoms with E-state index in [1.54, 1.807) is 13.1 Å². The molecule has 2 heteroatoms. The average molecular weight is 183 g/mol. The van der Waals surface area contributed by atoms with Crippen molar-refractivity contribution in [2.75, 3.05) is 0 Å². The van der Waals surface area contributed by atoms with E-state index in [1.165, 1.54) is 0 Å². The fraction of sp³-hybridized carbons (Fsp3) is 0.0833. The van der Waals surface area contributed by atoms with Gasteiger partial charge in [-0.25, -0.2) is 0 Å². The average Bonchev–Trinajstić information content (AvgIpc) is 2.26. The molecule has 1 heterocycles. The summed E-state index contributed by atoms with van der Waals surface area (Å²) in [7, 11) is 0. The number of nitrogens with zero attached hydrogens (tertiary/aromatic N) is 1. The highest BCUT2D eigenvalue weighted by molar-refractivity contribution is 5.84. The summed E-state index contributed by atoms with van der Waals surface area (Å²) in [5, 5.41) is 1.06. The summed E-state index contributed by atoms with van der Waals surface area (Å²) in [6.07, 6.45) is 4.31. The van der Waals surface area contributed by atoms with Crippen LogP contribution in [-0.4, -0.2) is 4.98 Å². The zero-order chi connectivity index (χ0) is 9.80. The van der Waals surface area contributed by atoms with Gasteiger partial charge in [0.05, 0.1) is 0 Å². The quantitative estimate of drug-likeness (QED) is 0.634. The van der Waals surface area contributed by atoms with Crippen LogP contribution in [-0.2, 0) is 0 Å². The standard InChI is InChI=1S/C12H9NO/c1-2-9-14-11-7-3-5-10-6-4-8-13-12(10)11/h3-8H,1H3. The van der Waals surface area contributed by atoms with Gasteiger partial charge in [0.2, 0.25) is 0 Å². The summed E-state index contributed by atoms with van der Waals surface area (Å²) in [5.41, 5.74) is 0.845. The largest absolute Gasteiger partial charge is 0.405 e. The van der Waals surface area contributed by atoms with Gasteiger partial charge in [-0.1, -0.05) is 24.1 Å². The first-order chi connectivity index (χ1) is 6.92. The number of hydrogen-bond donors (Lipinski definition) is 0. The molecule has 0 atom stereocenters. The van der Waals surface area contributed by atoms with Crippen molar-refractivity contribution in [3.05, 3.63) is 36.5 Å². The molecule has 14 heavy (non-hydrogen) atoms. The monoisotopic (exact) mass is 183 g/mol. The minimum Gasteiger partial charge on any atom is -0.405 e. The van der Waals surface area contributed by atoms with Crippen LogP contribution in [0, 0.1) is 12.0 Å². The molecule has 0 saturated heterocycles. The summed E-state index contributed by atoms with van der Waals surface area (Å²) in [5.74, 6) is 3.39. The Morgan fingerprint density at radius 3 is 2.93 bits per heavy atom. The molecule has 0 aliphatic carbocycles. The van der Waals surface area contributed by atoms with Crippen LogP contribution in [0.2, 0.25) is 0 Å². The number of benzene rings is 1. The molecule has 0 aliphatic rings. The summed E-state index contributed by atoms with van der Waals surface area (Å²) in [4.78, 5) is 4.24. The van der Waals surface area contributed by atoms with Crippen molar-refractivity contribution < 1.29 is 4.74 Å². The summed E-state index contributed by atoms with van der Waals surface area (Å²) in [6, 6.07) is 9.68. The Morgan fingerprint density at radius 2 is 2.07 bits per heavy atom. The van der Waals surface area contributed by atoms with E-state index in [1.807, 2.05) is 30.3 Å². The van der Waals surface area contributed by atoms with Crippen LogP contribution in [0.4, 0.5) is 0 Å². The van der Waals surface area contributed by atoms with Gasteiger partial charge in [-0.2, -0.15) is 0 Å². The number of pyridine rings is 1. The Balaban J connectivity index is 2.57. The molecule has 0 saturated carbocycles. The van der Waals surface area contributed by atoms with Crippen molar-refractivity contribution in [3.8, 4) is 17.8 Å². The third-order valence-corrected chi connectivity index (χ3v) is 1.86. The van der Waals surface area contributed by atoms with Crippen LogP contribution in [0.5, 0.6) is 5.75 Å². The lowest BCUT2D eigenvalue weighted by Crippen LogP contribution is -1.86. The molecular weight excluding hydrogens is 174 g/mol. The molecule has 0 radical (unpaired) electrons. The van der Waals surface area contributed by atoms with E-state index in [-0.39, 0.29) is 0 Å². The van der Waals surface area contributed by atoms with Crippen molar-refractivity contribution in [2.45, 2.75) is 6.92 Å². The maximum absolute atomic E-state index is 5.24. The number of rotatable bonds is 1. The van der Waals surface area contributed by atoms with Gasteiger partial charge < -0.3 is 4.74 Å². The molecule has 0 aliphatic heterocycles. The van der Waals surface area contributed by atoms with Gasteiger partial charge in [0.25, 0.3) is 0 Å². The lowest BCUT2D eigenvalue weighted by atomic mass is 10.2. The van der Waals surface area contributed by atoms with E-state index >= 15 is 0 Å². The van der Waals surface area contributed by atoms with E-state index in [4.69, 9.17) is 4.74 Å². The predicted molar refractivity (Wildman–Crippen MR) is 55.8 cm³/mol. The van der Waals surface area contributed by atoms with Crippen LogP contribution >= 0.6 is 0 Å². The Bertz CT molecular complexity index is 503. The Kier molecular flexibility index (Phi) is 2.33. The van der Waals surface area contributed by atoms with Crippen LogP contribution in [0.1, 0.15) is 6.92 Å². The molecule has 0 unspecified atom stereocenters. The van der Waals surface area contributed by atoms with Gasteiger partial charge in [-0.15, -0.1) is 0 Å². The number of ether oxygens (including phenoxy) is 1. The van der Waals surface area contributed by atoms with Gasteiger partial charge in [0.15, 0.2) is 5.75 Å². The Hall–Kier alpha value is -2.01.